The van der Waals surface area contributed by atoms with E-state index in [0.29, 0.717) is 0 Å². The van der Waals surface area contributed by atoms with Crippen LogP contribution in [0.3, 0.4) is 0 Å². The standard InChI is InChI=1S/C15H19ClO/c1-3-5-6-12-15-14(16)11-8-7-10-13(17-15)9-4-2/h1,4-9,13-15H,10-12H2,2H3/b6-5-,8-7-,9-4+/t13-,14+,15+/m1/s1. The molecule has 0 amide bonds. The Balaban J connectivity index is 2.66. The van der Waals surface area contributed by atoms with Crippen LogP contribution in [0, 0.1) is 12.3 Å². The smallest absolute Gasteiger partial charge is 0.0794 e. The summed E-state index contributed by atoms with van der Waals surface area (Å²) < 4.78 is 6.00. The van der Waals surface area contributed by atoms with Gasteiger partial charge in [0.05, 0.1) is 17.6 Å². The highest BCUT2D eigenvalue weighted by atomic mass is 35.5. The third-order valence-corrected chi connectivity index (χ3v) is 3.10. The van der Waals surface area contributed by atoms with Gasteiger partial charge in [-0.1, -0.05) is 36.3 Å². The van der Waals surface area contributed by atoms with Gasteiger partial charge in [0.25, 0.3) is 0 Å². The molecule has 0 spiro atoms. The van der Waals surface area contributed by atoms with E-state index in [-0.39, 0.29) is 17.6 Å². The summed E-state index contributed by atoms with van der Waals surface area (Å²) in [5.41, 5.74) is 0. The Morgan fingerprint density at radius 3 is 2.94 bits per heavy atom. The second-order valence-corrected chi connectivity index (χ2v) is 4.56. The van der Waals surface area contributed by atoms with Crippen molar-refractivity contribution in [1.29, 1.82) is 0 Å². The van der Waals surface area contributed by atoms with Crippen LogP contribution in [0.25, 0.3) is 0 Å². The van der Waals surface area contributed by atoms with E-state index in [4.69, 9.17) is 22.8 Å². The maximum atomic E-state index is 6.32. The van der Waals surface area contributed by atoms with E-state index in [1.54, 1.807) is 6.08 Å². The molecule has 2 heteroatoms. The lowest BCUT2D eigenvalue weighted by atomic mass is 10.1. The van der Waals surface area contributed by atoms with Crippen LogP contribution >= 0.6 is 11.6 Å². The zero-order valence-electron chi connectivity index (χ0n) is 10.2. The Labute approximate surface area is 109 Å². The van der Waals surface area contributed by atoms with Gasteiger partial charge in [0, 0.05) is 0 Å². The molecule has 0 saturated heterocycles. The van der Waals surface area contributed by atoms with Crippen LogP contribution in [0.2, 0.25) is 0 Å². The number of halogens is 1. The van der Waals surface area contributed by atoms with E-state index >= 15 is 0 Å². The molecule has 0 aliphatic carbocycles. The molecule has 0 aromatic heterocycles. The van der Waals surface area contributed by atoms with Crippen LogP contribution in [0.5, 0.6) is 0 Å². The first-order chi connectivity index (χ1) is 8.27. The van der Waals surface area contributed by atoms with Crippen molar-refractivity contribution in [2.24, 2.45) is 0 Å². The third kappa shape index (κ3) is 5.26. The second-order valence-electron chi connectivity index (χ2n) is 4.00. The van der Waals surface area contributed by atoms with Gasteiger partial charge in [-0.2, -0.15) is 0 Å². The van der Waals surface area contributed by atoms with E-state index in [1.807, 2.05) is 19.1 Å². The number of allylic oxidation sites excluding steroid dienone is 3. The fraction of sp³-hybridized carbons (Fsp3) is 0.467. The molecule has 1 aliphatic heterocycles. The normalized spacial score (nSPS) is 32.2. The zero-order valence-corrected chi connectivity index (χ0v) is 10.9. The molecule has 0 N–H and O–H groups in total. The summed E-state index contributed by atoms with van der Waals surface area (Å²) in [6.07, 6.45) is 19.8. The van der Waals surface area contributed by atoms with Crippen molar-refractivity contribution < 1.29 is 4.74 Å². The van der Waals surface area contributed by atoms with Gasteiger partial charge in [0.2, 0.25) is 0 Å². The Bertz CT molecular complexity index is 335. The molecule has 1 rings (SSSR count). The second kappa shape index (κ2) is 8.17. The van der Waals surface area contributed by atoms with Crippen LogP contribution in [-0.2, 0) is 4.74 Å². The summed E-state index contributed by atoms with van der Waals surface area (Å²) in [4.78, 5) is 0. The molecule has 0 aromatic rings. The van der Waals surface area contributed by atoms with Crippen LogP contribution in [0.1, 0.15) is 26.2 Å². The minimum atomic E-state index is 0.00160. The molecular weight excluding hydrogens is 232 g/mol. The van der Waals surface area contributed by atoms with Crippen LogP contribution < -0.4 is 0 Å². The predicted molar refractivity (Wildman–Crippen MR) is 74.1 cm³/mol. The van der Waals surface area contributed by atoms with Crippen molar-refractivity contribution in [2.75, 3.05) is 0 Å². The molecule has 0 aromatic carbocycles. The van der Waals surface area contributed by atoms with Crippen molar-refractivity contribution >= 4 is 11.6 Å². The molecule has 0 unspecified atom stereocenters. The maximum Gasteiger partial charge on any atom is 0.0794 e. The molecule has 0 bridgehead atoms. The summed E-state index contributed by atoms with van der Waals surface area (Å²) in [6.45, 7) is 2.00. The monoisotopic (exact) mass is 250 g/mol. The molecular formula is C15H19ClO. The van der Waals surface area contributed by atoms with Gasteiger partial charge in [-0.25, -0.2) is 0 Å². The van der Waals surface area contributed by atoms with E-state index in [9.17, 15) is 0 Å². The van der Waals surface area contributed by atoms with Crippen molar-refractivity contribution in [3.8, 4) is 12.3 Å². The lowest BCUT2D eigenvalue weighted by molar-refractivity contribution is 0.0129. The van der Waals surface area contributed by atoms with Gasteiger partial charge in [-0.3, -0.25) is 0 Å². The van der Waals surface area contributed by atoms with Crippen LogP contribution in [0.4, 0.5) is 0 Å². The molecule has 0 fully saturated rings. The molecule has 0 saturated carbocycles. The topological polar surface area (TPSA) is 9.23 Å². The first kappa shape index (κ1) is 14.1. The van der Waals surface area contributed by atoms with Gasteiger partial charge in [0.1, 0.15) is 0 Å². The molecule has 1 heterocycles. The van der Waals surface area contributed by atoms with Crippen molar-refractivity contribution in [3.63, 3.8) is 0 Å². The minimum Gasteiger partial charge on any atom is -0.369 e. The number of terminal acetylenes is 1. The van der Waals surface area contributed by atoms with Crippen LogP contribution in [0.15, 0.2) is 36.5 Å². The summed E-state index contributed by atoms with van der Waals surface area (Å²) in [7, 11) is 0. The third-order valence-electron chi connectivity index (χ3n) is 2.64. The minimum absolute atomic E-state index is 0.00160. The summed E-state index contributed by atoms with van der Waals surface area (Å²) in [6, 6.07) is 0. The Kier molecular flexibility index (Phi) is 6.77. The average Bonchev–Trinajstić information content (AvgIpc) is 2.31. The Morgan fingerprint density at radius 1 is 1.47 bits per heavy atom. The van der Waals surface area contributed by atoms with Crippen molar-refractivity contribution in [3.05, 3.63) is 36.5 Å². The van der Waals surface area contributed by atoms with Gasteiger partial charge in [0.15, 0.2) is 0 Å². The number of ether oxygens (including phenoxy) is 1. The van der Waals surface area contributed by atoms with E-state index in [0.717, 1.165) is 19.3 Å². The maximum absolute atomic E-state index is 6.32. The lowest BCUT2D eigenvalue weighted by Crippen LogP contribution is -2.29. The predicted octanol–water partition coefficient (Wildman–Crippen LogP) is 3.85. The molecule has 1 nitrogen and oxygen atoms in total. The Hall–Kier alpha value is -0.970. The fourth-order valence-corrected chi connectivity index (χ4v) is 2.05. The number of alkyl halides is 1. The van der Waals surface area contributed by atoms with Crippen molar-refractivity contribution in [1.82, 2.24) is 0 Å². The Morgan fingerprint density at radius 2 is 2.24 bits per heavy atom. The zero-order chi connectivity index (χ0) is 12.5. The highest BCUT2D eigenvalue weighted by Crippen LogP contribution is 2.22. The molecule has 0 radical (unpaired) electrons. The highest BCUT2D eigenvalue weighted by Gasteiger charge is 2.22. The van der Waals surface area contributed by atoms with Gasteiger partial charge in [-0.15, -0.1) is 18.0 Å². The largest absolute Gasteiger partial charge is 0.369 e. The molecule has 92 valence electrons. The SMILES string of the molecule is C#C/C=C\C[C@@H]1O[C@H](/C=C/C)C/C=C\C[C@@H]1Cl. The lowest BCUT2D eigenvalue weighted by Gasteiger charge is -2.26. The summed E-state index contributed by atoms with van der Waals surface area (Å²) in [5.74, 6) is 2.48. The first-order valence-electron chi connectivity index (χ1n) is 5.96. The van der Waals surface area contributed by atoms with Crippen molar-refractivity contribution in [2.45, 2.75) is 43.8 Å². The summed E-state index contributed by atoms with van der Waals surface area (Å²) in [5, 5.41) is 0.00160. The van der Waals surface area contributed by atoms with E-state index < -0.39 is 0 Å². The number of hydrogen-bond donors (Lipinski definition) is 0. The fourth-order valence-electron chi connectivity index (χ4n) is 1.79. The highest BCUT2D eigenvalue weighted by molar-refractivity contribution is 6.21. The number of rotatable bonds is 3. The first-order valence-corrected chi connectivity index (χ1v) is 6.40. The molecule has 17 heavy (non-hydrogen) atoms. The van der Waals surface area contributed by atoms with Crippen LogP contribution in [-0.4, -0.2) is 17.6 Å². The van der Waals surface area contributed by atoms with E-state index in [1.165, 1.54) is 0 Å². The molecule has 3 atom stereocenters. The molecule has 1 aliphatic rings. The van der Waals surface area contributed by atoms with Gasteiger partial charge in [-0.05, 0) is 32.3 Å². The summed E-state index contributed by atoms with van der Waals surface area (Å²) >= 11 is 6.32. The van der Waals surface area contributed by atoms with Gasteiger partial charge >= 0.3 is 0 Å². The van der Waals surface area contributed by atoms with Gasteiger partial charge < -0.3 is 4.74 Å². The van der Waals surface area contributed by atoms with E-state index in [2.05, 4.69) is 24.1 Å². The number of hydrogen-bond acceptors (Lipinski definition) is 1. The average molecular weight is 251 g/mol. The quantitative estimate of drug-likeness (QED) is 0.420.